The van der Waals surface area contributed by atoms with Crippen molar-refractivity contribution in [2.45, 2.75) is 26.1 Å². The van der Waals surface area contributed by atoms with Gasteiger partial charge < -0.3 is 14.6 Å². The second-order valence-corrected chi connectivity index (χ2v) is 7.13. The van der Waals surface area contributed by atoms with Gasteiger partial charge in [-0.2, -0.15) is 0 Å². The summed E-state index contributed by atoms with van der Waals surface area (Å²) >= 11 is 1.49. The van der Waals surface area contributed by atoms with Crippen LogP contribution in [-0.2, 0) is 4.74 Å². The number of hydrogen-bond acceptors (Lipinski definition) is 4. The number of aromatic amines is 1. The Hall–Kier alpha value is -2.18. The largest absolute Gasteiger partial charge is 0.372 e. The van der Waals surface area contributed by atoms with Gasteiger partial charge in [0, 0.05) is 29.4 Å². The third-order valence-corrected chi connectivity index (χ3v) is 5.07. The van der Waals surface area contributed by atoms with Gasteiger partial charge in [-0.05, 0) is 26.0 Å². The molecule has 1 N–H and O–H groups in total. The van der Waals surface area contributed by atoms with Gasteiger partial charge in [0.25, 0.3) is 5.91 Å². The van der Waals surface area contributed by atoms with Crippen LogP contribution >= 0.6 is 11.3 Å². The van der Waals surface area contributed by atoms with E-state index >= 15 is 0 Å². The molecule has 3 heterocycles. The maximum atomic E-state index is 12.7. The van der Waals surface area contributed by atoms with Crippen LogP contribution in [0.4, 0.5) is 0 Å². The van der Waals surface area contributed by atoms with Crippen molar-refractivity contribution in [3.05, 3.63) is 41.4 Å². The second-order valence-electron chi connectivity index (χ2n) is 6.28. The number of rotatable bonds is 2. The van der Waals surface area contributed by atoms with Crippen molar-refractivity contribution in [1.29, 1.82) is 0 Å². The van der Waals surface area contributed by atoms with E-state index in [1.54, 1.807) is 0 Å². The number of carbonyl (C=O) groups excluding carboxylic acids is 1. The number of hydrogen-bond donors (Lipinski definition) is 1. The zero-order valence-corrected chi connectivity index (χ0v) is 14.5. The number of nitrogens with zero attached hydrogens (tertiary/aromatic N) is 2. The molecule has 1 aliphatic heterocycles. The number of carbonyl (C=O) groups is 1. The summed E-state index contributed by atoms with van der Waals surface area (Å²) in [4.78, 5) is 22.5. The molecule has 1 aliphatic rings. The van der Waals surface area contributed by atoms with Crippen LogP contribution in [0.25, 0.3) is 21.6 Å². The number of benzene rings is 1. The standard InChI is InChI=1S/C18H19N3O2S/c1-11-8-21(9-12(2)23-11)18(22)16-10-24-17(20-16)15-7-13-5-3-4-6-14(13)19-15/h3-7,10-12,19H,8-9H2,1-2H3. The molecule has 24 heavy (non-hydrogen) atoms. The number of aromatic nitrogens is 2. The van der Waals surface area contributed by atoms with Gasteiger partial charge in [0.2, 0.25) is 0 Å². The third kappa shape index (κ3) is 2.83. The Kier molecular flexibility index (Phi) is 3.86. The summed E-state index contributed by atoms with van der Waals surface area (Å²) in [6, 6.07) is 10.2. The fraction of sp³-hybridized carbons (Fsp3) is 0.333. The molecule has 0 aliphatic carbocycles. The van der Waals surface area contributed by atoms with Crippen molar-refractivity contribution in [2.75, 3.05) is 13.1 Å². The molecule has 0 spiro atoms. The van der Waals surface area contributed by atoms with E-state index in [1.165, 1.54) is 11.3 Å². The minimum atomic E-state index is -0.0180. The van der Waals surface area contributed by atoms with Gasteiger partial charge in [0.05, 0.1) is 17.9 Å². The van der Waals surface area contributed by atoms with Gasteiger partial charge in [-0.1, -0.05) is 18.2 Å². The van der Waals surface area contributed by atoms with Crippen LogP contribution in [0.3, 0.4) is 0 Å². The first kappa shape index (κ1) is 15.4. The SMILES string of the molecule is CC1CN(C(=O)c2csc(-c3cc4ccccc4[nH]3)n2)CC(C)O1. The molecule has 3 aromatic rings. The quantitative estimate of drug-likeness (QED) is 0.775. The van der Waals surface area contributed by atoms with Crippen LogP contribution in [0.5, 0.6) is 0 Å². The Morgan fingerprint density at radius 1 is 1.29 bits per heavy atom. The molecule has 6 heteroatoms. The Balaban J connectivity index is 1.59. The monoisotopic (exact) mass is 341 g/mol. The molecule has 4 rings (SSSR count). The summed E-state index contributed by atoms with van der Waals surface area (Å²) < 4.78 is 5.69. The van der Waals surface area contributed by atoms with E-state index in [9.17, 15) is 4.79 Å². The molecule has 124 valence electrons. The molecule has 2 aromatic heterocycles. The molecule has 2 unspecified atom stereocenters. The average Bonchev–Trinajstić information content (AvgIpc) is 3.19. The van der Waals surface area contributed by atoms with Crippen molar-refractivity contribution in [1.82, 2.24) is 14.9 Å². The number of para-hydroxylation sites is 1. The van der Waals surface area contributed by atoms with Gasteiger partial charge in [-0.15, -0.1) is 11.3 Å². The number of ether oxygens (including phenoxy) is 1. The lowest BCUT2D eigenvalue weighted by Crippen LogP contribution is -2.48. The van der Waals surface area contributed by atoms with Crippen LogP contribution in [-0.4, -0.2) is 46.1 Å². The number of H-pyrrole nitrogens is 1. The average molecular weight is 341 g/mol. The molecule has 2 atom stereocenters. The van der Waals surface area contributed by atoms with Crippen molar-refractivity contribution < 1.29 is 9.53 Å². The smallest absolute Gasteiger partial charge is 0.273 e. The Labute approximate surface area is 144 Å². The molecule has 1 saturated heterocycles. The van der Waals surface area contributed by atoms with E-state index in [1.807, 2.05) is 42.3 Å². The van der Waals surface area contributed by atoms with E-state index in [4.69, 9.17) is 4.74 Å². The molecular formula is C18H19N3O2S. The minimum Gasteiger partial charge on any atom is -0.372 e. The molecule has 0 radical (unpaired) electrons. The summed E-state index contributed by atoms with van der Waals surface area (Å²) in [5.41, 5.74) is 2.53. The van der Waals surface area contributed by atoms with Crippen molar-refractivity contribution in [3.8, 4) is 10.7 Å². The number of nitrogens with one attached hydrogen (secondary N) is 1. The summed E-state index contributed by atoms with van der Waals surface area (Å²) in [5, 5.41) is 3.82. The molecule has 1 fully saturated rings. The van der Waals surface area contributed by atoms with Crippen LogP contribution in [0.1, 0.15) is 24.3 Å². The number of thiazole rings is 1. The highest BCUT2D eigenvalue weighted by molar-refractivity contribution is 7.13. The van der Waals surface area contributed by atoms with E-state index in [-0.39, 0.29) is 18.1 Å². The van der Waals surface area contributed by atoms with Gasteiger partial charge in [0.15, 0.2) is 0 Å². The molecule has 0 bridgehead atoms. The summed E-state index contributed by atoms with van der Waals surface area (Å²) in [5.74, 6) is -0.0180. The van der Waals surface area contributed by atoms with Gasteiger partial charge in [-0.3, -0.25) is 4.79 Å². The Morgan fingerprint density at radius 3 is 2.79 bits per heavy atom. The van der Waals surface area contributed by atoms with Crippen molar-refractivity contribution in [3.63, 3.8) is 0 Å². The summed E-state index contributed by atoms with van der Waals surface area (Å²) in [6.07, 6.45) is 0.119. The maximum Gasteiger partial charge on any atom is 0.273 e. The lowest BCUT2D eigenvalue weighted by Gasteiger charge is -2.34. The van der Waals surface area contributed by atoms with E-state index < -0.39 is 0 Å². The van der Waals surface area contributed by atoms with Crippen LogP contribution in [0.2, 0.25) is 0 Å². The second kappa shape index (κ2) is 6.03. The number of morpholine rings is 1. The summed E-state index contributed by atoms with van der Waals surface area (Å²) in [7, 11) is 0. The zero-order valence-electron chi connectivity index (χ0n) is 13.7. The normalized spacial score (nSPS) is 21.3. The highest BCUT2D eigenvalue weighted by Gasteiger charge is 2.28. The fourth-order valence-corrected chi connectivity index (χ4v) is 3.95. The fourth-order valence-electron chi connectivity index (χ4n) is 3.19. The topological polar surface area (TPSA) is 58.2 Å². The van der Waals surface area contributed by atoms with Crippen molar-refractivity contribution in [2.24, 2.45) is 0 Å². The number of fused-ring (bicyclic) bond motifs is 1. The molecule has 0 saturated carbocycles. The van der Waals surface area contributed by atoms with Gasteiger partial charge in [-0.25, -0.2) is 4.98 Å². The molecule has 5 nitrogen and oxygen atoms in total. The predicted octanol–water partition coefficient (Wildman–Crippen LogP) is 3.54. The first-order valence-electron chi connectivity index (χ1n) is 8.08. The van der Waals surface area contributed by atoms with Crippen molar-refractivity contribution >= 4 is 28.1 Å². The van der Waals surface area contributed by atoms with E-state index in [0.29, 0.717) is 18.8 Å². The lowest BCUT2D eigenvalue weighted by atomic mass is 10.2. The third-order valence-electron chi connectivity index (χ3n) is 4.19. The Morgan fingerprint density at radius 2 is 2.04 bits per heavy atom. The van der Waals surface area contributed by atoms with Crippen LogP contribution < -0.4 is 0 Å². The molecule has 1 amide bonds. The number of amides is 1. The van der Waals surface area contributed by atoms with Crippen LogP contribution in [0, 0.1) is 0 Å². The first-order valence-corrected chi connectivity index (χ1v) is 8.96. The summed E-state index contributed by atoms with van der Waals surface area (Å²) in [6.45, 7) is 5.21. The minimum absolute atomic E-state index is 0.0180. The van der Waals surface area contributed by atoms with Gasteiger partial charge >= 0.3 is 0 Å². The zero-order chi connectivity index (χ0) is 16.7. The Bertz CT molecular complexity index is 842. The first-order chi connectivity index (χ1) is 11.6. The molecular weight excluding hydrogens is 322 g/mol. The maximum absolute atomic E-state index is 12.7. The predicted molar refractivity (Wildman–Crippen MR) is 95.3 cm³/mol. The van der Waals surface area contributed by atoms with Gasteiger partial charge in [0.1, 0.15) is 10.7 Å². The van der Waals surface area contributed by atoms with E-state index in [0.717, 1.165) is 21.6 Å². The molecule has 1 aromatic carbocycles. The highest BCUT2D eigenvalue weighted by Crippen LogP contribution is 2.27. The van der Waals surface area contributed by atoms with Crippen LogP contribution in [0.15, 0.2) is 35.7 Å². The highest BCUT2D eigenvalue weighted by atomic mass is 32.1. The lowest BCUT2D eigenvalue weighted by molar-refractivity contribution is -0.0587. The van der Waals surface area contributed by atoms with E-state index in [2.05, 4.69) is 22.1 Å².